The Kier molecular flexibility index (Phi) is 10.5. The maximum atomic E-state index is 14.4. The average molecular weight is 704 g/mol. The predicted octanol–water partition coefficient (Wildman–Crippen LogP) is 6.11. The number of benzene rings is 4. The van der Waals surface area contributed by atoms with Crippen molar-refractivity contribution in [3.05, 3.63) is 99.2 Å². The van der Waals surface area contributed by atoms with Gasteiger partial charge in [-0.3, -0.25) is 14.4 Å². The van der Waals surface area contributed by atoms with Crippen LogP contribution in [0.2, 0.25) is 5.02 Å². The molecule has 0 unspecified atom stereocenters. The van der Waals surface area contributed by atoms with Crippen molar-refractivity contribution < 1.29 is 23.5 Å². The topological polar surface area (TPSA) is 91.0 Å². The lowest BCUT2D eigenvalue weighted by Gasteiger charge is -2.27. The quantitative estimate of drug-likeness (QED) is 0.243. The molecule has 0 aromatic heterocycles. The van der Waals surface area contributed by atoms with Crippen LogP contribution in [0.25, 0.3) is 10.8 Å². The summed E-state index contributed by atoms with van der Waals surface area (Å²) in [7, 11) is 3.20. The average Bonchev–Trinajstić information content (AvgIpc) is 3.10. The highest BCUT2D eigenvalue weighted by Gasteiger charge is 2.38. The number of hydrogen-bond acceptors (Lipinski definition) is 5. The van der Waals surface area contributed by atoms with Gasteiger partial charge in [0.15, 0.2) is 0 Å². The normalized spacial score (nSPS) is 15.2. The first-order valence-corrected chi connectivity index (χ1v) is 14.7. The molecule has 0 radical (unpaired) electrons. The SMILES string of the molecule is CN[C@@H](C)C(=O)N[C@H]1CN(C(=O)c2ccc(F)cc2)c2cc(Cl)ccc2N(Cc2c(OC)ccc3cc(Br)ccc23)C1=O.Cl. The van der Waals surface area contributed by atoms with E-state index in [1.807, 2.05) is 30.3 Å². The summed E-state index contributed by atoms with van der Waals surface area (Å²) >= 11 is 9.96. The van der Waals surface area contributed by atoms with Crippen molar-refractivity contribution in [3.63, 3.8) is 0 Å². The monoisotopic (exact) mass is 702 g/mol. The summed E-state index contributed by atoms with van der Waals surface area (Å²) in [4.78, 5) is 44.3. The van der Waals surface area contributed by atoms with Crippen molar-refractivity contribution in [1.82, 2.24) is 10.6 Å². The van der Waals surface area contributed by atoms with Gasteiger partial charge in [-0.1, -0.05) is 39.7 Å². The number of carbonyl (C=O) groups excluding carboxylic acids is 3. The Morgan fingerprint density at radius 3 is 2.48 bits per heavy atom. The number of carbonyl (C=O) groups is 3. The van der Waals surface area contributed by atoms with E-state index in [0.717, 1.165) is 20.8 Å². The van der Waals surface area contributed by atoms with E-state index in [-0.39, 0.29) is 31.1 Å². The maximum Gasteiger partial charge on any atom is 0.258 e. The highest BCUT2D eigenvalue weighted by Crippen LogP contribution is 2.39. The third-order valence-electron chi connectivity index (χ3n) is 7.51. The first-order chi connectivity index (χ1) is 20.6. The Bertz CT molecular complexity index is 1720. The Morgan fingerprint density at radius 1 is 1.07 bits per heavy atom. The molecule has 0 saturated carbocycles. The van der Waals surface area contributed by atoms with Gasteiger partial charge in [0.1, 0.15) is 17.6 Å². The standard InChI is InChI=1S/C32H29BrClFN4O4.ClH/c1-18(36-2)30(40)37-26-17-39(31(41)19-4-9-23(35)10-5-19)28-15-22(34)8-12-27(28)38(32(26)42)16-25-24-11-7-21(33)14-20(24)6-13-29(25)43-3;/h4-15,18,26,36H,16-17H2,1-3H3,(H,37,40);1H/t18-,26-;/m0./s1. The second-order valence-electron chi connectivity index (χ2n) is 10.2. The summed E-state index contributed by atoms with van der Waals surface area (Å²) in [5.74, 6) is -1.23. The smallest absolute Gasteiger partial charge is 0.258 e. The van der Waals surface area contributed by atoms with E-state index in [1.165, 1.54) is 34.1 Å². The van der Waals surface area contributed by atoms with Crippen molar-refractivity contribution >= 4 is 79.8 Å². The number of ether oxygens (including phenoxy) is 1. The summed E-state index contributed by atoms with van der Waals surface area (Å²) in [6, 6.07) is 18.0. The number of methoxy groups -OCH3 is 1. The van der Waals surface area contributed by atoms with Crippen molar-refractivity contribution in [2.75, 3.05) is 30.5 Å². The number of nitrogens with one attached hydrogen (secondary N) is 2. The number of halogens is 4. The van der Waals surface area contributed by atoms with Crippen LogP contribution in [0.3, 0.4) is 0 Å². The zero-order valence-electron chi connectivity index (χ0n) is 24.1. The van der Waals surface area contributed by atoms with Gasteiger partial charge < -0.3 is 25.2 Å². The third-order valence-corrected chi connectivity index (χ3v) is 8.24. The van der Waals surface area contributed by atoms with Crippen molar-refractivity contribution in [2.45, 2.75) is 25.6 Å². The summed E-state index contributed by atoms with van der Waals surface area (Å²) in [5.41, 5.74) is 1.74. The number of likely N-dealkylation sites (N-methyl/N-ethyl adjacent to an activating group) is 1. The molecule has 2 atom stereocenters. The van der Waals surface area contributed by atoms with Gasteiger partial charge in [-0.15, -0.1) is 12.4 Å². The molecule has 0 bridgehead atoms. The molecule has 4 aromatic rings. The van der Waals surface area contributed by atoms with Crippen molar-refractivity contribution in [3.8, 4) is 5.75 Å². The molecule has 8 nitrogen and oxygen atoms in total. The molecule has 5 rings (SSSR count). The number of rotatable bonds is 7. The van der Waals surface area contributed by atoms with Crippen LogP contribution >= 0.6 is 39.9 Å². The molecule has 1 aliphatic rings. The van der Waals surface area contributed by atoms with Gasteiger partial charge in [-0.25, -0.2) is 4.39 Å². The lowest BCUT2D eigenvalue weighted by Crippen LogP contribution is -2.55. The number of anilines is 2. The summed E-state index contributed by atoms with van der Waals surface area (Å²) in [6.07, 6.45) is 0. The second kappa shape index (κ2) is 13.9. The lowest BCUT2D eigenvalue weighted by atomic mass is 10.0. The van der Waals surface area contributed by atoms with Crippen LogP contribution in [0, 0.1) is 5.82 Å². The van der Waals surface area contributed by atoms with E-state index in [9.17, 15) is 18.8 Å². The minimum Gasteiger partial charge on any atom is -0.496 e. The third kappa shape index (κ3) is 6.68. The summed E-state index contributed by atoms with van der Waals surface area (Å²) in [5, 5.41) is 7.86. The van der Waals surface area contributed by atoms with E-state index in [1.54, 1.807) is 39.3 Å². The summed E-state index contributed by atoms with van der Waals surface area (Å²) < 4.78 is 20.3. The summed E-state index contributed by atoms with van der Waals surface area (Å²) in [6.45, 7) is 1.56. The fraction of sp³-hybridized carbons (Fsp3) is 0.219. The molecule has 1 aliphatic heterocycles. The fourth-order valence-electron chi connectivity index (χ4n) is 5.10. The van der Waals surface area contributed by atoms with Crippen LogP contribution in [-0.4, -0.2) is 50.5 Å². The molecule has 0 saturated heterocycles. The van der Waals surface area contributed by atoms with Gasteiger partial charge in [0, 0.05) is 20.6 Å². The predicted molar refractivity (Wildman–Crippen MR) is 177 cm³/mol. The van der Waals surface area contributed by atoms with E-state index in [2.05, 4.69) is 26.6 Å². The highest BCUT2D eigenvalue weighted by atomic mass is 79.9. The lowest BCUT2D eigenvalue weighted by molar-refractivity contribution is -0.128. The molecule has 44 heavy (non-hydrogen) atoms. The van der Waals surface area contributed by atoms with Crippen molar-refractivity contribution in [2.24, 2.45) is 0 Å². The Morgan fingerprint density at radius 2 is 1.80 bits per heavy atom. The van der Waals surface area contributed by atoms with Crippen molar-refractivity contribution in [1.29, 1.82) is 0 Å². The fourth-order valence-corrected chi connectivity index (χ4v) is 5.65. The van der Waals surface area contributed by atoms with Gasteiger partial charge in [0.2, 0.25) is 5.91 Å². The van der Waals surface area contributed by atoms with Gasteiger partial charge in [0.25, 0.3) is 11.8 Å². The van der Waals surface area contributed by atoms with Crippen LogP contribution in [0.4, 0.5) is 15.8 Å². The molecule has 12 heteroatoms. The Labute approximate surface area is 274 Å². The van der Waals surface area contributed by atoms with Crippen LogP contribution in [0.1, 0.15) is 22.8 Å². The van der Waals surface area contributed by atoms with Crippen LogP contribution < -0.4 is 25.2 Å². The van der Waals surface area contributed by atoms with Gasteiger partial charge in [-0.05, 0) is 85.4 Å². The largest absolute Gasteiger partial charge is 0.496 e. The molecule has 1 heterocycles. The molecule has 0 spiro atoms. The van der Waals surface area contributed by atoms with E-state index >= 15 is 0 Å². The molecule has 230 valence electrons. The molecular formula is C32H30BrCl2FN4O4. The molecule has 0 fully saturated rings. The van der Waals surface area contributed by atoms with E-state index in [4.69, 9.17) is 16.3 Å². The van der Waals surface area contributed by atoms with Crippen LogP contribution in [-0.2, 0) is 16.1 Å². The Hall–Kier alpha value is -3.70. The van der Waals surface area contributed by atoms with Crippen LogP contribution in [0.5, 0.6) is 5.75 Å². The number of amides is 3. The number of nitrogens with zero attached hydrogens (tertiary/aromatic N) is 2. The minimum absolute atomic E-state index is 0. The van der Waals surface area contributed by atoms with Gasteiger partial charge >= 0.3 is 0 Å². The zero-order chi connectivity index (χ0) is 30.8. The first-order valence-electron chi connectivity index (χ1n) is 13.5. The maximum absolute atomic E-state index is 14.4. The molecule has 2 N–H and O–H groups in total. The molecule has 4 aromatic carbocycles. The molecular weight excluding hydrogens is 674 g/mol. The second-order valence-corrected chi connectivity index (χ2v) is 11.5. The minimum atomic E-state index is -1.12. The van der Waals surface area contributed by atoms with Gasteiger partial charge in [0.05, 0.1) is 37.6 Å². The van der Waals surface area contributed by atoms with Gasteiger partial charge in [-0.2, -0.15) is 0 Å². The number of hydrogen-bond donors (Lipinski definition) is 2. The highest BCUT2D eigenvalue weighted by molar-refractivity contribution is 9.10. The van der Waals surface area contributed by atoms with Crippen LogP contribution in [0.15, 0.2) is 77.3 Å². The number of fused-ring (bicyclic) bond motifs is 2. The zero-order valence-corrected chi connectivity index (χ0v) is 27.2. The Balaban J connectivity index is 0.00000442. The molecule has 0 aliphatic carbocycles. The molecule has 3 amide bonds. The van der Waals surface area contributed by atoms with E-state index < -0.39 is 35.6 Å². The van der Waals surface area contributed by atoms with E-state index in [0.29, 0.717) is 22.1 Å². The first kappa shape index (κ1) is 33.2.